The van der Waals surface area contributed by atoms with Gasteiger partial charge in [0, 0.05) is 18.1 Å². The second kappa shape index (κ2) is 5.70. The van der Waals surface area contributed by atoms with E-state index in [0.717, 1.165) is 22.2 Å². The van der Waals surface area contributed by atoms with Crippen molar-refractivity contribution >= 4 is 39.8 Å². The molecule has 3 rings (SSSR count). The number of rotatable bonds is 3. The number of fused-ring (bicyclic) bond motifs is 1. The van der Waals surface area contributed by atoms with Crippen LogP contribution < -0.4 is 5.32 Å². The Morgan fingerprint density at radius 3 is 2.65 bits per heavy atom. The smallest absolute Gasteiger partial charge is 0.0823 e. The molecule has 0 spiro atoms. The number of halogens is 2. The Morgan fingerprint density at radius 2 is 1.75 bits per heavy atom. The molecule has 0 aliphatic rings. The fraction of sp³-hybridized carbons (Fsp3) is 0.0625. The maximum atomic E-state index is 6.17. The molecule has 0 fully saturated rings. The van der Waals surface area contributed by atoms with Gasteiger partial charge in [-0.1, -0.05) is 53.5 Å². The summed E-state index contributed by atoms with van der Waals surface area (Å²) in [5.41, 5.74) is 2.95. The number of pyridine rings is 1. The molecule has 0 unspecified atom stereocenters. The van der Waals surface area contributed by atoms with Gasteiger partial charge in [-0.3, -0.25) is 4.98 Å². The van der Waals surface area contributed by atoms with Crippen LogP contribution in [-0.2, 0) is 6.54 Å². The molecule has 0 saturated heterocycles. The van der Waals surface area contributed by atoms with E-state index in [1.165, 1.54) is 0 Å². The molecule has 0 aliphatic heterocycles. The summed E-state index contributed by atoms with van der Waals surface area (Å²) in [5.74, 6) is 0. The lowest BCUT2D eigenvalue weighted by Gasteiger charge is -2.10. The first-order valence-corrected chi connectivity index (χ1v) is 7.02. The Morgan fingerprint density at radius 1 is 0.950 bits per heavy atom. The number of anilines is 1. The first-order valence-electron chi connectivity index (χ1n) is 6.26. The van der Waals surface area contributed by atoms with Gasteiger partial charge in [-0.05, 0) is 23.8 Å². The average molecular weight is 303 g/mol. The van der Waals surface area contributed by atoms with Crippen molar-refractivity contribution in [1.82, 2.24) is 4.98 Å². The molecule has 1 aromatic heterocycles. The summed E-state index contributed by atoms with van der Waals surface area (Å²) in [5, 5.41) is 5.53. The van der Waals surface area contributed by atoms with Crippen LogP contribution in [0.5, 0.6) is 0 Å². The average Bonchev–Trinajstić information content (AvgIpc) is 2.49. The monoisotopic (exact) mass is 302 g/mol. The predicted octanol–water partition coefficient (Wildman–Crippen LogP) is 5.15. The second-order valence-electron chi connectivity index (χ2n) is 4.45. The van der Waals surface area contributed by atoms with Crippen molar-refractivity contribution in [2.75, 3.05) is 5.32 Å². The number of aromatic nitrogens is 1. The molecular weight excluding hydrogens is 291 g/mol. The zero-order valence-corrected chi connectivity index (χ0v) is 12.1. The fourth-order valence-corrected chi connectivity index (χ4v) is 2.51. The van der Waals surface area contributed by atoms with E-state index in [-0.39, 0.29) is 0 Å². The minimum atomic E-state index is 0.544. The lowest BCUT2D eigenvalue weighted by atomic mass is 10.1. The van der Waals surface area contributed by atoms with Crippen LogP contribution >= 0.6 is 23.2 Å². The van der Waals surface area contributed by atoms with Crippen LogP contribution in [0.3, 0.4) is 0 Å². The first kappa shape index (κ1) is 13.2. The third kappa shape index (κ3) is 2.58. The number of benzene rings is 2. The summed E-state index contributed by atoms with van der Waals surface area (Å²) in [6.07, 6.45) is 1.80. The largest absolute Gasteiger partial charge is 0.380 e. The number of para-hydroxylation sites is 1. The molecule has 20 heavy (non-hydrogen) atoms. The number of hydrogen-bond acceptors (Lipinski definition) is 2. The fourth-order valence-electron chi connectivity index (χ4n) is 2.14. The summed E-state index contributed by atoms with van der Waals surface area (Å²) < 4.78 is 0. The molecule has 1 N–H and O–H groups in total. The number of nitrogens with one attached hydrogen (secondary N) is 1. The third-order valence-corrected chi connectivity index (χ3v) is 3.96. The van der Waals surface area contributed by atoms with Gasteiger partial charge in [-0.15, -0.1) is 0 Å². The summed E-state index contributed by atoms with van der Waals surface area (Å²) in [7, 11) is 0. The van der Waals surface area contributed by atoms with Gasteiger partial charge >= 0.3 is 0 Å². The topological polar surface area (TPSA) is 24.9 Å². The van der Waals surface area contributed by atoms with Crippen LogP contribution in [0.25, 0.3) is 10.9 Å². The van der Waals surface area contributed by atoms with Crippen molar-refractivity contribution in [3.8, 4) is 0 Å². The molecule has 0 aliphatic carbocycles. The highest BCUT2D eigenvalue weighted by Gasteiger charge is 2.05. The Balaban J connectivity index is 1.89. The van der Waals surface area contributed by atoms with Crippen molar-refractivity contribution in [3.63, 3.8) is 0 Å². The summed E-state index contributed by atoms with van der Waals surface area (Å²) in [6, 6.07) is 15.7. The Kier molecular flexibility index (Phi) is 3.77. The minimum Gasteiger partial charge on any atom is -0.380 e. The molecule has 2 aromatic carbocycles. The maximum Gasteiger partial charge on any atom is 0.0823 e. The van der Waals surface area contributed by atoms with Gasteiger partial charge < -0.3 is 5.32 Å². The van der Waals surface area contributed by atoms with Crippen LogP contribution in [-0.4, -0.2) is 4.98 Å². The molecular formula is C16H12Cl2N2. The molecule has 100 valence electrons. The Labute approximate surface area is 127 Å². The van der Waals surface area contributed by atoms with E-state index in [1.807, 2.05) is 24.3 Å². The molecule has 0 bridgehead atoms. The Bertz CT molecular complexity index is 751. The van der Waals surface area contributed by atoms with E-state index in [4.69, 9.17) is 23.2 Å². The molecule has 3 aromatic rings. The van der Waals surface area contributed by atoms with Gasteiger partial charge in [-0.25, -0.2) is 0 Å². The van der Waals surface area contributed by atoms with E-state index >= 15 is 0 Å². The van der Waals surface area contributed by atoms with Crippen LogP contribution in [0.1, 0.15) is 5.56 Å². The quantitative estimate of drug-likeness (QED) is 0.723. The Hall–Kier alpha value is -1.77. The van der Waals surface area contributed by atoms with E-state index < -0.39 is 0 Å². The molecule has 0 radical (unpaired) electrons. The van der Waals surface area contributed by atoms with Crippen molar-refractivity contribution in [2.45, 2.75) is 6.54 Å². The van der Waals surface area contributed by atoms with Gasteiger partial charge in [0.05, 0.1) is 21.2 Å². The zero-order valence-electron chi connectivity index (χ0n) is 10.6. The van der Waals surface area contributed by atoms with Crippen LogP contribution in [0, 0.1) is 0 Å². The van der Waals surface area contributed by atoms with Crippen molar-refractivity contribution in [1.29, 1.82) is 0 Å². The SMILES string of the molecule is Clc1cccc(NCc2cccc3cccnc23)c1Cl. The highest BCUT2D eigenvalue weighted by Crippen LogP contribution is 2.30. The van der Waals surface area contributed by atoms with Crippen LogP contribution in [0.15, 0.2) is 54.7 Å². The summed E-state index contributed by atoms with van der Waals surface area (Å²) in [6.45, 7) is 0.647. The van der Waals surface area contributed by atoms with Gasteiger partial charge in [-0.2, -0.15) is 0 Å². The highest BCUT2D eigenvalue weighted by molar-refractivity contribution is 6.43. The van der Waals surface area contributed by atoms with Crippen molar-refractivity contribution in [3.05, 3.63) is 70.3 Å². The minimum absolute atomic E-state index is 0.544. The lowest BCUT2D eigenvalue weighted by molar-refractivity contribution is 1.15. The third-order valence-electron chi connectivity index (χ3n) is 3.14. The molecule has 2 nitrogen and oxygen atoms in total. The first-order chi connectivity index (χ1) is 9.75. The van der Waals surface area contributed by atoms with Crippen LogP contribution in [0.4, 0.5) is 5.69 Å². The van der Waals surface area contributed by atoms with E-state index in [9.17, 15) is 0 Å². The standard InChI is InChI=1S/C16H12Cl2N2/c17-13-7-2-8-14(15(13)18)20-10-12-5-1-4-11-6-3-9-19-16(11)12/h1-9,20H,10H2. The van der Waals surface area contributed by atoms with Gasteiger partial charge in [0.1, 0.15) is 0 Å². The van der Waals surface area contributed by atoms with Gasteiger partial charge in [0.25, 0.3) is 0 Å². The van der Waals surface area contributed by atoms with Crippen molar-refractivity contribution in [2.24, 2.45) is 0 Å². The zero-order chi connectivity index (χ0) is 13.9. The van der Waals surface area contributed by atoms with Gasteiger partial charge in [0.15, 0.2) is 0 Å². The molecule has 0 atom stereocenters. The van der Waals surface area contributed by atoms with Crippen molar-refractivity contribution < 1.29 is 0 Å². The maximum absolute atomic E-state index is 6.17. The molecule has 0 amide bonds. The summed E-state index contributed by atoms with van der Waals surface area (Å²) >= 11 is 12.2. The van der Waals surface area contributed by atoms with Gasteiger partial charge in [0.2, 0.25) is 0 Å². The second-order valence-corrected chi connectivity index (χ2v) is 5.23. The van der Waals surface area contributed by atoms with Crippen LogP contribution in [0.2, 0.25) is 10.0 Å². The predicted molar refractivity (Wildman–Crippen MR) is 85.5 cm³/mol. The summed E-state index contributed by atoms with van der Waals surface area (Å²) in [4.78, 5) is 4.43. The highest BCUT2D eigenvalue weighted by atomic mass is 35.5. The molecule has 0 saturated carbocycles. The lowest BCUT2D eigenvalue weighted by Crippen LogP contribution is -2.01. The van der Waals surface area contributed by atoms with E-state index in [0.29, 0.717) is 16.6 Å². The normalized spacial score (nSPS) is 10.7. The molecule has 1 heterocycles. The molecule has 4 heteroatoms. The van der Waals surface area contributed by atoms with E-state index in [2.05, 4.69) is 28.5 Å². The van der Waals surface area contributed by atoms with E-state index in [1.54, 1.807) is 12.3 Å². The number of nitrogens with zero attached hydrogens (tertiary/aromatic N) is 1. The number of hydrogen-bond donors (Lipinski definition) is 1.